The molecule has 1 aromatic heterocycles. The number of hydrogen-bond acceptors (Lipinski definition) is 5. The number of ether oxygens (including phenoxy) is 1. The molecule has 0 spiro atoms. The number of furan rings is 1. The zero-order valence-electron chi connectivity index (χ0n) is 14.3. The maximum Gasteiger partial charge on any atom is 0.337 e. The highest BCUT2D eigenvalue weighted by Crippen LogP contribution is 2.22. The van der Waals surface area contributed by atoms with Crippen molar-refractivity contribution >= 4 is 34.0 Å². The topological polar surface area (TPSA) is 80.9 Å². The summed E-state index contributed by atoms with van der Waals surface area (Å²) < 4.78 is 11.2. The minimum Gasteiger partial charge on any atom is -0.465 e. The zero-order valence-corrected chi connectivity index (χ0v) is 15.9. The molecule has 3 aromatic rings. The number of esters is 1. The van der Waals surface area contributed by atoms with Crippen LogP contribution >= 0.6 is 15.9 Å². The van der Waals surface area contributed by atoms with Crippen LogP contribution in [0.3, 0.4) is 0 Å². The van der Waals surface area contributed by atoms with Crippen molar-refractivity contribution in [2.75, 3.05) is 7.11 Å². The first kappa shape index (κ1) is 18.6. The summed E-state index contributed by atoms with van der Waals surface area (Å²) in [7, 11) is 1.34. The molecular formula is C20H15BrN2O4. The predicted molar refractivity (Wildman–Crippen MR) is 105 cm³/mol. The lowest BCUT2D eigenvalue weighted by Crippen LogP contribution is -2.17. The SMILES string of the molecule is COC(=O)c1ccc(-c2ccc(/C=N\NC(=O)c3cccc(Br)c3)o2)cc1. The predicted octanol–water partition coefficient (Wildman–Crippen LogP) is 4.26. The van der Waals surface area contributed by atoms with E-state index in [-0.39, 0.29) is 5.91 Å². The molecule has 1 heterocycles. The van der Waals surface area contributed by atoms with Gasteiger partial charge in [0.2, 0.25) is 0 Å². The van der Waals surface area contributed by atoms with Gasteiger partial charge in [-0.15, -0.1) is 0 Å². The quantitative estimate of drug-likeness (QED) is 0.375. The lowest BCUT2D eigenvalue weighted by atomic mass is 10.1. The number of carbonyl (C=O) groups is 2. The number of amides is 1. The largest absolute Gasteiger partial charge is 0.465 e. The number of rotatable bonds is 5. The minimum absolute atomic E-state index is 0.322. The van der Waals surface area contributed by atoms with Crippen LogP contribution < -0.4 is 5.43 Å². The average Bonchev–Trinajstić information content (AvgIpc) is 3.16. The molecule has 0 bridgehead atoms. The molecule has 0 unspecified atom stereocenters. The molecule has 136 valence electrons. The molecule has 3 rings (SSSR count). The second kappa shape index (κ2) is 8.46. The molecule has 0 aliphatic heterocycles. The van der Waals surface area contributed by atoms with E-state index in [1.807, 2.05) is 6.07 Å². The smallest absolute Gasteiger partial charge is 0.337 e. The lowest BCUT2D eigenvalue weighted by Gasteiger charge is -2.01. The van der Waals surface area contributed by atoms with E-state index >= 15 is 0 Å². The molecule has 1 amide bonds. The summed E-state index contributed by atoms with van der Waals surface area (Å²) in [5.41, 5.74) is 4.21. The van der Waals surface area contributed by atoms with E-state index in [4.69, 9.17) is 4.42 Å². The molecule has 0 saturated heterocycles. The summed E-state index contributed by atoms with van der Waals surface area (Å²) in [6.45, 7) is 0. The minimum atomic E-state index is -0.394. The van der Waals surface area contributed by atoms with E-state index in [9.17, 15) is 9.59 Å². The fourth-order valence-electron chi connectivity index (χ4n) is 2.31. The van der Waals surface area contributed by atoms with Gasteiger partial charge in [0.15, 0.2) is 0 Å². The Bertz CT molecular complexity index is 993. The maximum atomic E-state index is 12.0. The van der Waals surface area contributed by atoms with Crippen molar-refractivity contribution in [1.29, 1.82) is 0 Å². The van der Waals surface area contributed by atoms with E-state index < -0.39 is 5.97 Å². The van der Waals surface area contributed by atoms with Crippen LogP contribution in [0.15, 0.2) is 74.7 Å². The molecule has 6 nitrogen and oxygen atoms in total. The van der Waals surface area contributed by atoms with E-state index in [0.29, 0.717) is 22.6 Å². The van der Waals surface area contributed by atoms with Crippen molar-refractivity contribution in [3.05, 3.63) is 82.0 Å². The summed E-state index contributed by atoms with van der Waals surface area (Å²) in [6.07, 6.45) is 1.42. The second-order valence-corrected chi connectivity index (χ2v) is 6.40. The zero-order chi connectivity index (χ0) is 19.2. The molecule has 0 saturated carbocycles. The molecule has 27 heavy (non-hydrogen) atoms. The molecule has 7 heteroatoms. The Labute approximate surface area is 164 Å². The Kier molecular flexibility index (Phi) is 5.83. The molecule has 0 aliphatic carbocycles. The standard InChI is InChI=1S/C20H15BrN2O4/c1-26-20(25)14-7-5-13(6-8-14)18-10-9-17(27-18)12-22-23-19(24)15-3-2-4-16(21)11-15/h2-12H,1H3,(H,23,24)/b22-12-. The van der Waals surface area contributed by atoms with Crippen molar-refractivity contribution in [2.24, 2.45) is 5.10 Å². The third kappa shape index (κ3) is 4.71. The van der Waals surface area contributed by atoms with Crippen molar-refractivity contribution in [2.45, 2.75) is 0 Å². The van der Waals surface area contributed by atoms with Gasteiger partial charge >= 0.3 is 5.97 Å². The number of benzene rings is 2. The fourth-order valence-corrected chi connectivity index (χ4v) is 2.71. The normalized spacial score (nSPS) is 10.7. The van der Waals surface area contributed by atoms with Crippen molar-refractivity contribution in [3.8, 4) is 11.3 Å². The Morgan fingerprint density at radius 2 is 1.85 bits per heavy atom. The Morgan fingerprint density at radius 1 is 1.07 bits per heavy atom. The van der Waals surface area contributed by atoms with E-state index in [2.05, 4.69) is 31.2 Å². The first-order valence-corrected chi connectivity index (χ1v) is 8.73. The average molecular weight is 427 g/mol. The van der Waals surface area contributed by atoms with Gasteiger partial charge in [-0.1, -0.05) is 34.1 Å². The van der Waals surface area contributed by atoms with Gasteiger partial charge in [-0.05, 0) is 42.5 Å². The van der Waals surface area contributed by atoms with Crippen molar-refractivity contribution in [3.63, 3.8) is 0 Å². The monoisotopic (exact) mass is 426 g/mol. The van der Waals surface area contributed by atoms with Crippen LogP contribution in [0.1, 0.15) is 26.5 Å². The number of nitrogens with zero attached hydrogens (tertiary/aromatic N) is 1. The van der Waals surface area contributed by atoms with E-state index in [1.165, 1.54) is 13.3 Å². The highest BCUT2D eigenvalue weighted by atomic mass is 79.9. The summed E-state index contributed by atoms with van der Waals surface area (Å²) in [4.78, 5) is 23.5. The van der Waals surface area contributed by atoms with Crippen LogP contribution in [0, 0.1) is 0 Å². The molecule has 2 aromatic carbocycles. The molecular weight excluding hydrogens is 412 g/mol. The van der Waals surface area contributed by atoms with Gasteiger partial charge < -0.3 is 9.15 Å². The number of halogens is 1. The third-order valence-electron chi connectivity index (χ3n) is 3.66. The summed E-state index contributed by atoms with van der Waals surface area (Å²) in [5.74, 6) is 0.385. The Hall–Kier alpha value is -3.19. The third-order valence-corrected chi connectivity index (χ3v) is 4.16. The summed E-state index contributed by atoms with van der Waals surface area (Å²) in [6, 6.07) is 17.4. The summed E-state index contributed by atoms with van der Waals surface area (Å²) in [5, 5.41) is 3.91. The van der Waals surface area contributed by atoms with Crippen LogP contribution in [0.4, 0.5) is 0 Å². The van der Waals surface area contributed by atoms with Crippen molar-refractivity contribution < 1.29 is 18.7 Å². The first-order valence-electron chi connectivity index (χ1n) is 7.94. The fraction of sp³-hybridized carbons (Fsp3) is 0.0500. The Morgan fingerprint density at radius 3 is 2.56 bits per heavy atom. The highest BCUT2D eigenvalue weighted by Gasteiger charge is 2.08. The van der Waals surface area contributed by atoms with Crippen LogP contribution in [0.25, 0.3) is 11.3 Å². The summed E-state index contributed by atoms with van der Waals surface area (Å²) >= 11 is 3.32. The van der Waals surface area contributed by atoms with Crippen LogP contribution in [0.2, 0.25) is 0 Å². The second-order valence-electron chi connectivity index (χ2n) is 5.48. The number of hydrazone groups is 1. The number of hydrogen-bond donors (Lipinski definition) is 1. The lowest BCUT2D eigenvalue weighted by molar-refractivity contribution is 0.0600. The van der Waals surface area contributed by atoms with Gasteiger partial charge in [0, 0.05) is 15.6 Å². The number of nitrogens with one attached hydrogen (secondary N) is 1. The maximum absolute atomic E-state index is 12.0. The number of methoxy groups -OCH3 is 1. The van der Waals surface area contributed by atoms with Gasteiger partial charge in [-0.25, -0.2) is 10.2 Å². The molecule has 1 N–H and O–H groups in total. The Balaban J connectivity index is 1.64. The molecule has 0 atom stereocenters. The number of carbonyl (C=O) groups excluding carboxylic acids is 2. The molecule has 0 radical (unpaired) electrons. The molecule has 0 fully saturated rings. The van der Waals surface area contributed by atoms with Gasteiger partial charge in [0.05, 0.1) is 18.9 Å². The van der Waals surface area contributed by atoms with Crippen molar-refractivity contribution in [1.82, 2.24) is 5.43 Å². The van der Waals surface area contributed by atoms with Crippen LogP contribution in [-0.4, -0.2) is 25.2 Å². The first-order chi connectivity index (χ1) is 13.1. The highest BCUT2D eigenvalue weighted by molar-refractivity contribution is 9.10. The molecule has 0 aliphatic rings. The van der Waals surface area contributed by atoms with Gasteiger partial charge in [-0.2, -0.15) is 5.10 Å². The van der Waals surface area contributed by atoms with Crippen LogP contribution in [0.5, 0.6) is 0 Å². The van der Waals surface area contributed by atoms with Gasteiger partial charge in [0.1, 0.15) is 11.5 Å². The van der Waals surface area contributed by atoms with Crippen LogP contribution in [-0.2, 0) is 4.74 Å². The van der Waals surface area contributed by atoms with Gasteiger partial charge in [-0.3, -0.25) is 4.79 Å². The van der Waals surface area contributed by atoms with E-state index in [1.54, 1.807) is 54.6 Å². The van der Waals surface area contributed by atoms with E-state index in [0.717, 1.165) is 10.0 Å². The van der Waals surface area contributed by atoms with Gasteiger partial charge in [0.25, 0.3) is 5.91 Å².